The number of ether oxygens (including phenoxy) is 3. The Balaban J connectivity index is 2.14. The van der Waals surface area contributed by atoms with Gasteiger partial charge in [-0.1, -0.05) is 62.9 Å². The van der Waals surface area contributed by atoms with Gasteiger partial charge < -0.3 is 18.6 Å². The van der Waals surface area contributed by atoms with Crippen molar-refractivity contribution in [2.24, 2.45) is 0 Å². The van der Waals surface area contributed by atoms with Crippen LogP contribution >= 0.6 is 11.8 Å². The number of carbonyl (C=O) groups is 1. The van der Waals surface area contributed by atoms with E-state index in [0.29, 0.717) is 26.2 Å². The van der Waals surface area contributed by atoms with E-state index >= 15 is 0 Å². The van der Waals surface area contributed by atoms with E-state index in [1.54, 1.807) is 24.9 Å². The molecule has 0 spiro atoms. The molecule has 0 N–H and O–H groups in total. The van der Waals surface area contributed by atoms with Crippen LogP contribution in [-0.2, 0) is 25.3 Å². The largest absolute Gasteiger partial charge is 0.497 e. The molecule has 2 rings (SSSR count). The molecule has 0 fully saturated rings. The molecular weight excluding hydrogens is 488 g/mol. The van der Waals surface area contributed by atoms with Gasteiger partial charge in [-0.2, -0.15) is 0 Å². The summed E-state index contributed by atoms with van der Waals surface area (Å²) in [5, 5.41) is 0.0762. The molecule has 7 heteroatoms. The van der Waals surface area contributed by atoms with E-state index in [0.717, 1.165) is 27.5 Å². The van der Waals surface area contributed by atoms with Crippen molar-refractivity contribution >= 4 is 26.0 Å². The molecule has 198 valence electrons. The molecule has 36 heavy (non-hydrogen) atoms. The lowest BCUT2D eigenvalue weighted by Crippen LogP contribution is -2.44. The first-order chi connectivity index (χ1) is 17.0. The van der Waals surface area contributed by atoms with E-state index in [-0.39, 0.29) is 17.1 Å². The molecule has 2 aromatic rings. The van der Waals surface area contributed by atoms with Gasteiger partial charge in [-0.15, -0.1) is 0 Å². The van der Waals surface area contributed by atoms with Crippen molar-refractivity contribution < 1.29 is 23.4 Å². The molecule has 0 heterocycles. The van der Waals surface area contributed by atoms with Crippen molar-refractivity contribution in [1.29, 1.82) is 0 Å². The fourth-order valence-electron chi connectivity index (χ4n) is 3.23. The SMILES string of the molecule is CCOC(=O)/C=C(/C[C@H](CCOCc1ccc(OC)cc1)O[Si](C)(C)C(C)(C)C)Sc1ccccc1. The number of thioether (sulfide) groups is 1. The summed E-state index contributed by atoms with van der Waals surface area (Å²) in [6, 6.07) is 18.0. The minimum atomic E-state index is -2.04. The zero-order valence-corrected chi connectivity index (χ0v) is 24.7. The van der Waals surface area contributed by atoms with Gasteiger partial charge in [0.15, 0.2) is 8.32 Å². The number of esters is 1. The van der Waals surface area contributed by atoms with Crippen LogP contribution in [0.3, 0.4) is 0 Å². The fourth-order valence-corrected chi connectivity index (χ4v) is 5.64. The second-order valence-electron chi connectivity index (χ2n) is 10.2. The van der Waals surface area contributed by atoms with Crippen molar-refractivity contribution in [1.82, 2.24) is 0 Å². The van der Waals surface area contributed by atoms with E-state index in [4.69, 9.17) is 18.6 Å². The normalized spacial score (nSPS) is 13.4. The fraction of sp³-hybridized carbons (Fsp3) is 0.483. The third-order valence-corrected chi connectivity index (χ3v) is 11.9. The number of benzene rings is 2. The molecule has 0 saturated carbocycles. The Kier molecular flexibility index (Phi) is 12.2. The van der Waals surface area contributed by atoms with Gasteiger partial charge in [0.25, 0.3) is 0 Å². The molecule has 0 unspecified atom stereocenters. The quantitative estimate of drug-likeness (QED) is 0.0823. The van der Waals surface area contributed by atoms with E-state index in [1.165, 1.54) is 0 Å². The topological polar surface area (TPSA) is 54.0 Å². The average Bonchev–Trinajstić information content (AvgIpc) is 2.82. The molecule has 0 aromatic heterocycles. The Bertz CT molecular complexity index is 952. The summed E-state index contributed by atoms with van der Waals surface area (Å²) in [5.41, 5.74) is 1.10. The van der Waals surface area contributed by atoms with Crippen LogP contribution in [0, 0.1) is 0 Å². The van der Waals surface area contributed by atoms with Crippen LogP contribution in [0.1, 0.15) is 46.1 Å². The van der Waals surface area contributed by atoms with Gasteiger partial charge in [-0.05, 0) is 66.2 Å². The van der Waals surface area contributed by atoms with E-state index in [9.17, 15) is 4.79 Å². The van der Waals surface area contributed by atoms with Crippen LogP contribution < -0.4 is 4.74 Å². The van der Waals surface area contributed by atoms with Crippen LogP contribution in [0.4, 0.5) is 0 Å². The molecule has 0 radical (unpaired) electrons. The molecule has 0 aliphatic heterocycles. The van der Waals surface area contributed by atoms with E-state index < -0.39 is 8.32 Å². The van der Waals surface area contributed by atoms with Crippen LogP contribution in [0.2, 0.25) is 18.1 Å². The second kappa shape index (κ2) is 14.6. The van der Waals surface area contributed by atoms with E-state index in [2.05, 4.69) is 33.9 Å². The summed E-state index contributed by atoms with van der Waals surface area (Å²) in [6.07, 6.45) is 2.90. The van der Waals surface area contributed by atoms with Gasteiger partial charge in [0.1, 0.15) is 5.75 Å². The first kappa shape index (κ1) is 30.2. The summed E-state index contributed by atoms with van der Waals surface area (Å²) in [5.74, 6) is 0.510. The monoisotopic (exact) mass is 530 g/mol. The summed E-state index contributed by atoms with van der Waals surface area (Å²) in [6.45, 7) is 14.5. The Morgan fingerprint density at radius 3 is 2.31 bits per heavy atom. The molecule has 0 saturated heterocycles. The lowest BCUT2D eigenvalue weighted by atomic mass is 10.2. The van der Waals surface area contributed by atoms with Crippen molar-refractivity contribution in [2.75, 3.05) is 20.3 Å². The summed E-state index contributed by atoms with van der Waals surface area (Å²) >= 11 is 1.59. The molecule has 0 aliphatic carbocycles. The van der Waals surface area contributed by atoms with Crippen LogP contribution in [0.25, 0.3) is 0 Å². The predicted molar refractivity (Wildman–Crippen MR) is 151 cm³/mol. The smallest absolute Gasteiger partial charge is 0.331 e. The molecule has 0 aliphatic rings. The first-order valence-corrected chi connectivity index (χ1v) is 16.2. The number of methoxy groups -OCH3 is 1. The zero-order valence-electron chi connectivity index (χ0n) is 22.8. The first-order valence-electron chi connectivity index (χ1n) is 12.5. The highest BCUT2D eigenvalue weighted by atomic mass is 32.2. The van der Waals surface area contributed by atoms with Crippen LogP contribution in [0.5, 0.6) is 5.75 Å². The summed E-state index contributed by atoms with van der Waals surface area (Å²) in [4.78, 5) is 14.4. The molecule has 0 bridgehead atoms. The summed E-state index contributed by atoms with van der Waals surface area (Å²) < 4.78 is 23.3. The van der Waals surface area contributed by atoms with Gasteiger partial charge in [0.05, 0.1) is 26.4 Å². The van der Waals surface area contributed by atoms with Crippen molar-refractivity contribution in [3.05, 3.63) is 71.1 Å². The third kappa shape index (κ3) is 10.5. The van der Waals surface area contributed by atoms with Crippen molar-refractivity contribution in [3.63, 3.8) is 0 Å². The maximum atomic E-state index is 12.4. The number of hydrogen-bond donors (Lipinski definition) is 0. The third-order valence-electron chi connectivity index (χ3n) is 6.27. The maximum absolute atomic E-state index is 12.4. The molecular formula is C29H42O5SSi. The van der Waals surface area contributed by atoms with Gasteiger partial charge in [-0.25, -0.2) is 4.79 Å². The minimum Gasteiger partial charge on any atom is -0.497 e. The number of carbonyl (C=O) groups excluding carboxylic acids is 1. The molecule has 1 atom stereocenters. The van der Waals surface area contributed by atoms with Crippen LogP contribution in [0.15, 0.2) is 70.5 Å². The number of rotatable bonds is 14. The lowest BCUT2D eigenvalue weighted by Gasteiger charge is -2.39. The van der Waals surface area contributed by atoms with Gasteiger partial charge in [0, 0.05) is 24.0 Å². The second-order valence-corrected chi connectivity index (χ2v) is 16.1. The van der Waals surface area contributed by atoms with Crippen molar-refractivity contribution in [3.8, 4) is 5.75 Å². The van der Waals surface area contributed by atoms with Gasteiger partial charge >= 0.3 is 5.97 Å². The molecule has 0 amide bonds. The lowest BCUT2D eigenvalue weighted by molar-refractivity contribution is -0.137. The van der Waals surface area contributed by atoms with Gasteiger partial charge in [0.2, 0.25) is 0 Å². The summed E-state index contributed by atoms with van der Waals surface area (Å²) in [7, 11) is -0.377. The maximum Gasteiger partial charge on any atom is 0.331 e. The van der Waals surface area contributed by atoms with E-state index in [1.807, 2.05) is 61.5 Å². The highest BCUT2D eigenvalue weighted by molar-refractivity contribution is 8.03. The Labute approximate surface area is 222 Å². The Morgan fingerprint density at radius 1 is 1.06 bits per heavy atom. The zero-order chi connectivity index (χ0) is 26.6. The molecule has 2 aromatic carbocycles. The Morgan fingerprint density at radius 2 is 1.72 bits per heavy atom. The standard InChI is InChI=1S/C29H42O5SSi/c1-8-33-28(30)21-27(35-26-12-10-9-11-13-26)20-25(34-36(6,7)29(2,3)4)18-19-32-22-23-14-16-24(31-5)17-15-23/h9-17,21,25H,8,18-20,22H2,1-7H3/b27-21-/t25-/m0/s1. The van der Waals surface area contributed by atoms with Gasteiger partial charge in [-0.3, -0.25) is 0 Å². The predicted octanol–water partition coefficient (Wildman–Crippen LogP) is 7.62. The van der Waals surface area contributed by atoms with Crippen molar-refractivity contribution in [2.45, 2.75) is 76.3 Å². The highest BCUT2D eigenvalue weighted by Crippen LogP contribution is 2.39. The highest BCUT2D eigenvalue weighted by Gasteiger charge is 2.39. The molecule has 5 nitrogen and oxygen atoms in total. The number of hydrogen-bond acceptors (Lipinski definition) is 6. The van der Waals surface area contributed by atoms with Crippen LogP contribution in [-0.4, -0.2) is 40.7 Å². The minimum absolute atomic E-state index is 0.0707. The average molecular weight is 531 g/mol. The Hall–Kier alpha value is -2.06.